The maximum Gasteiger partial charge on any atom is 0.232 e. The van der Waals surface area contributed by atoms with Gasteiger partial charge in [-0.15, -0.1) is 0 Å². The van der Waals surface area contributed by atoms with Crippen LogP contribution in [0.15, 0.2) is 91.0 Å². The molecule has 3 aromatic carbocycles. The smallest absolute Gasteiger partial charge is 0.212 e. The number of benzene rings is 3. The van der Waals surface area contributed by atoms with Crippen LogP contribution in [0.25, 0.3) is 0 Å². The SMILES string of the molecule is O=S(=O)(Cl)CCCC[P+](c1ccccc1)(c1ccccc1)c1ccccc1. The lowest BCUT2D eigenvalue weighted by Gasteiger charge is -2.27. The van der Waals surface area contributed by atoms with Crippen LogP contribution in [0.3, 0.4) is 0 Å². The van der Waals surface area contributed by atoms with Gasteiger partial charge in [-0.2, -0.15) is 0 Å². The Labute approximate surface area is 167 Å². The van der Waals surface area contributed by atoms with E-state index < -0.39 is 16.3 Å². The van der Waals surface area contributed by atoms with Gasteiger partial charge in [-0.1, -0.05) is 54.6 Å². The molecule has 0 atom stereocenters. The van der Waals surface area contributed by atoms with E-state index in [4.69, 9.17) is 10.7 Å². The Morgan fingerprint density at radius 2 is 1.00 bits per heavy atom. The van der Waals surface area contributed by atoms with E-state index in [-0.39, 0.29) is 5.75 Å². The van der Waals surface area contributed by atoms with Gasteiger partial charge in [0.2, 0.25) is 9.05 Å². The van der Waals surface area contributed by atoms with Gasteiger partial charge < -0.3 is 0 Å². The fourth-order valence-electron chi connectivity index (χ4n) is 3.51. The van der Waals surface area contributed by atoms with Crippen LogP contribution in [0.2, 0.25) is 0 Å². The summed E-state index contributed by atoms with van der Waals surface area (Å²) in [5.74, 6) is 0.0208. The quantitative estimate of drug-likeness (QED) is 0.310. The Bertz CT molecular complexity index is 849. The van der Waals surface area contributed by atoms with Crippen molar-refractivity contribution < 1.29 is 8.42 Å². The first kappa shape index (κ1) is 20.1. The summed E-state index contributed by atoms with van der Waals surface area (Å²) in [5, 5.41) is 3.95. The number of hydrogen-bond acceptors (Lipinski definition) is 2. The highest BCUT2D eigenvalue weighted by Crippen LogP contribution is 2.55. The molecule has 0 bridgehead atoms. The first-order chi connectivity index (χ1) is 13.0. The summed E-state index contributed by atoms with van der Waals surface area (Å²) >= 11 is 0. The van der Waals surface area contributed by atoms with Crippen LogP contribution in [0.1, 0.15) is 12.8 Å². The molecule has 140 valence electrons. The third-order valence-electron chi connectivity index (χ3n) is 4.72. The normalized spacial score (nSPS) is 12.0. The molecule has 0 fully saturated rings. The van der Waals surface area contributed by atoms with E-state index in [0.717, 1.165) is 12.6 Å². The molecule has 27 heavy (non-hydrogen) atoms. The average Bonchev–Trinajstić information content (AvgIpc) is 2.70. The van der Waals surface area contributed by atoms with Gasteiger partial charge in [0.15, 0.2) is 0 Å². The fraction of sp³-hybridized carbons (Fsp3) is 0.182. The van der Waals surface area contributed by atoms with Crippen molar-refractivity contribution in [2.75, 3.05) is 11.9 Å². The van der Waals surface area contributed by atoms with Gasteiger partial charge in [0.05, 0.1) is 11.9 Å². The molecule has 0 saturated heterocycles. The van der Waals surface area contributed by atoms with Crippen LogP contribution in [-0.2, 0) is 9.05 Å². The number of halogens is 1. The summed E-state index contributed by atoms with van der Waals surface area (Å²) in [7, 11) is 0.0911. The summed E-state index contributed by atoms with van der Waals surface area (Å²) in [6.45, 7) is 0. The molecule has 0 radical (unpaired) electrons. The first-order valence-corrected chi connectivity index (χ1v) is 13.4. The molecule has 0 heterocycles. The maximum absolute atomic E-state index is 11.3. The summed E-state index contributed by atoms with van der Waals surface area (Å²) < 4.78 is 22.7. The zero-order chi connectivity index (χ0) is 19.2. The average molecular weight is 418 g/mol. The Morgan fingerprint density at radius 1 is 0.630 bits per heavy atom. The van der Waals surface area contributed by atoms with E-state index in [9.17, 15) is 8.42 Å². The van der Waals surface area contributed by atoms with Crippen molar-refractivity contribution in [3.05, 3.63) is 91.0 Å². The zero-order valence-electron chi connectivity index (χ0n) is 15.0. The second-order valence-electron chi connectivity index (χ2n) is 6.49. The van der Waals surface area contributed by atoms with Gasteiger partial charge in [0.1, 0.15) is 23.2 Å². The van der Waals surface area contributed by atoms with Crippen molar-refractivity contribution in [2.24, 2.45) is 0 Å². The Hall–Kier alpha value is -1.67. The van der Waals surface area contributed by atoms with Crippen molar-refractivity contribution >= 4 is 42.9 Å². The predicted molar refractivity (Wildman–Crippen MR) is 119 cm³/mol. The van der Waals surface area contributed by atoms with Crippen molar-refractivity contribution in [3.63, 3.8) is 0 Å². The van der Waals surface area contributed by atoms with Gasteiger partial charge in [0.25, 0.3) is 0 Å². The van der Waals surface area contributed by atoms with Crippen molar-refractivity contribution in [2.45, 2.75) is 12.8 Å². The topological polar surface area (TPSA) is 34.1 Å². The predicted octanol–water partition coefficient (Wildman–Crippen LogP) is 4.33. The van der Waals surface area contributed by atoms with Crippen LogP contribution in [-0.4, -0.2) is 20.3 Å². The highest BCUT2D eigenvalue weighted by molar-refractivity contribution is 8.13. The van der Waals surface area contributed by atoms with E-state index in [2.05, 4.69) is 72.8 Å². The van der Waals surface area contributed by atoms with Crippen molar-refractivity contribution in [1.82, 2.24) is 0 Å². The maximum atomic E-state index is 11.3. The highest BCUT2D eigenvalue weighted by Gasteiger charge is 2.44. The van der Waals surface area contributed by atoms with Crippen molar-refractivity contribution in [3.8, 4) is 0 Å². The monoisotopic (exact) mass is 417 g/mol. The van der Waals surface area contributed by atoms with Crippen LogP contribution >= 0.6 is 17.9 Å². The minimum atomic E-state index is -3.45. The fourth-order valence-corrected chi connectivity index (χ4v) is 8.79. The van der Waals surface area contributed by atoms with E-state index in [1.165, 1.54) is 15.9 Å². The first-order valence-electron chi connectivity index (χ1n) is 9.00. The molecule has 0 saturated carbocycles. The molecule has 0 spiro atoms. The van der Waals surface area contributed by atoms with Gasteiger partial charge >= 0.3 is 0 Å². The van der Waals surface area contributed by atoms with E-state index in [1.54, 1.807) is 0 Å². The molecular weight excluding hydrogens is 395 g/mol. The van der Waals surface area contributed by atoms with Crippen LogP contribution in [0.5, 0.6) is 0 Å². The van der Waals surface area contributed by atoms with E-state index >= 15 is 0 Å². The molecule has 3 rings (SSSR count). The lowest BCUT2D eigenvalue weighted by molar-refractivity contribution is 0.606. The van der Waals surface area contributed by atoms with E-state index in [1.807, 2.05) is 18.2 Å². The minimum Gasteiger partial charge on any atom is -0.212 e. The molecular formula is C22H23ClO2PS+. The summed E-state index contributed by atoms with van der Waals surface area (Å²) in [6.07, 6.45) is 2.29. The molecule has 3 aromatic rings. The largest absolute Gasteiger partial charge is 0.232 e. The number of rotatable bonds is 8. The Balaban J connectivity index is 2.08. The molecule has 0 aliphatic carbocycles. The van der Waals surface area contributed by atoms with Crippen molar-refractivity contribution in [1.29, 1.82) is 0 Å². The zero-order valence-corrected chi connectivity index (χ0v) is 17.5. The Morgan fingerprint density at radius 3 is 1.33 bits per heavy atom. The summed E-state index contributed by atoms with van der Waals surface area (Å²) in [4.78, 5) is 0. The molecule has 0 N–H and O–H groups in total. The van der Waals surface area contributed by atoms with Gasteiger partial charge in [-0.05, 0) is 49.2 Å². The van der Waals surface area contributed by atoms with Gasteiger partial charge in [0, 0.05) is 10.7 Å². The lowest BCUT2D eigenvalue weighted by Crippen LogP contribution is -2.33. The molecule has 5 heteroatoms. The number of hydrogen-bond donors (Lipinski definition) is 0. The molecule has 0 aromatic heterocycles. The highest BCUT2D eigenvalue weighted by atomic mass is 35.7. The summed E-state index contributed by atoms with van der Waals surface area (Å²) in [5.41, 5.74) is 0. The number of unbranched alkanes of at least 4 members (excludes halogenated alkanes) is 1. The third-order valence-corrected chi connectivity index (χ3v) is 10.5. The molecule has 2 nitrogen and oxygen atoms in total. The van der Waals surface area contributed by atoms with Crippen LogP contribution in [0.4, 0.5) is 0 Å². The molecule has 0 aliphatic rings. The second-order valence-corrected chi connectivity index (χ2v) is 13.0. The van der Waals surface area contributed by atoms with Gasteiger partial charge in [-0.25, -0.2) is 8.42 Å². The summed E-state index contributed by atoms with van der Waals surface area (Å²) in [6, 6.07) is 31.8. The third kappa shape index (κ3) is 4.99. The van der Waals surface area contributed by atoms with E-state index in [0.29, 0.717) is 6.42 Å². The van der Waals surface area contributed by atoms with Crippen LogP contribution in [0, 0.1) is 0 Å². The standard InChI is InChI=1S/C22H23ClO2PS/c23-27(24,25)19-11-10-18-26(20-12-4-1-5-13-20,21-14-6-2-7-15-21)22-16-8-3-9-17-22/h1-9,12-17H,10-11,18-19H2/q+1. The van der Waals surface area contributed by atoms with Crippen LogP contribution < -0.4 is 15.9 Å². The molecule has 0 unspecified atom stereocenters. The lowest BCUT2D eigenvalue weighted by atomic mass is 10.3. The Kier molecular flexibility index (Phi) is 6.70. The molecule has 0 amide bonds. The van der Waals surface area contributed by atoms with Gasteiger partial charge in [-0.3, -0.25) is 0 Å². The second kappa shape index (κ2) is 9.01. The minimum absolute atomic E-state index is 0.0208. The molecule has 0 aliphatic heterocycles.